The van der Waals surface area contributed by atoms with Crippen LogP contribution in [0.2, 0.25) is 0 Å². The van der Waals surface area contributed by atoms with Gasteiger partial charge in [-0.1, -0.05) is 24.3 Å². The van der Waals surface area contributed by atoms with Crippen LogP contribution in [0, 0.1) is 0 Å². The van der Waals surface area contributed by atoms with Gasteiger partial charge in [0.2, 0.25) is 0 Å². The Balaban J connectivity index is 1.92. The van der Waals surface area contributed by atoms with Gasteiger partial charge >= 0.3 is 0 Å². The van der Waals surface area contributed by atoms with Crippen LogP contribution in [0.4, 0.5) is 0 Å². The van der Waals surface area contributed by atoms with E-state index in [1.807, 2.05) is 0 Å². The zero-order valence-electron chi connectivity index (χ0n) is 15.1. The zero-order valence-corrected chi connectivity index (χ0v) is 15.1. The number of hydrogen-bond acceptors (Lipinski definition) is 5. The van der Waals surface area contributed by atoms with Gasteiger partial charge in [-0.2, -0.15) is 0 Å². The molecule has 0 bridgehead atoms. The highest BCUT2D eigenvalue weighted by Crippen LogP contribution is 2.33. The van der Waals surface area contributed by atoms with Crippen molar-refractivity contribution in [2.45, 2.75) is 6.92 Å². The lowest BCUT2D eigenvalue weighted by molar-refractivity contribution is 0.101. The van der Waals surface area contributed by atoms with Crippen molar-refractivity contribution < 1.29 is 15.0 Å². The molecule has 3 aromatic carbocycles. The molecule has 0 saturated carbocycles. The lowest BCUT2D eigenvalue weighted by atomic mass is 10.1. The van der Waals surface area contributed by atoms with E-state index in [1.165, 1.54) is 6.92 Å². The standard InChI is InChI=1S/C22H17N3O3/c1-14(26)15-10-12-16(13-11-15)25-22(18-7-3-5-9-20(18)28)23-21(24-25)17-6-2-4-8-19(17)27/h2-13,27-28H,1H3. The number of carbonyl (C=O) groups is 1. The summed E-state index contributed by atoms with van der Waals surface area (Å²) in [6.45, 7) is 1.51. The van der Waals surface area contributed by atoms with Crippen molar-refractivity contribution in [3.05, 3.63) is 78.4 Å². The Bertz CT molecular complexity index is 1160. The number of ketones is 1. The number of para-hydroxylation sites is 2. The molecule has 6 heteroatoms. The largest absolute Gasteiger partial charge is 0.507 e. The molecule has 0 aliphatic carbocycles. The summed E-state index contributed by atoms with van der Waals surface area (Å²) in [7, 11) is 0. The summed E-state index contributed by atoms with van der Waals surface area (Å²) in [6.07, 6.45) is 0. The first-order valence-corrected chi connectivity index (χ1v) is 8.70. The van der Waals surface area contributed by atoms with Crippen molar-refractivity contribution in [3.8, 4) is 40.0 Å². The average Bonchev–Trinajstić information content (AvgIpc) is 3.13. The van der Waals surface area contributed by atoms with Gasteiger partial charge in [-0.15, -0.1) is 5.10 Å². The zero-order chi connectivity index (χ0) is 19.7. The second-order valence-corrected chi connectivity index (χ2v) is 6.31. The molecule has 1 heterocycles. The van der Waals surface area contributed by atoms with Crippen LogP contribution in [0.1, 0.15) is 17.3 Å². The topological polar surface area (TPSA) is 88.2 Å². The third-order valence-corrected chi connectivity index (χ3v) is 4.42. The van der Waals surface area contributed by atoms with Gasteiger partial charge in [0, 0.05) is 5.56 Å². The second kappa shape index (κ2) is 7.00. The van der Waals surface area contributed by atoms with Crippen LogP contribution >= 0.6 is 0 Å². The molecule has 2 N–H and O–H groups in total. The van der Waals surface area contributed by atoms with E-state index >= 15 is 0 Å². The lowest BCUT2D eigenvalue weighted by Crippen LogP contribution is -2.01. The van der Waals surface area contributed by atoms with Gasteiger partial charge < -0.3 is 10.2 Å². The average molecular weight is 371 g/mol. The van der Waals surface area contributed by atoms with Gasteiger partial charge in [-0.3, -0.25) is 4.79 Å². The minimum Gasteiger partial charge on any atom is -0.507 e. The Hall–Kier alpha value is -3.93. The fourth-order valence-corrected chi connectivity index (χ4v) is 2.94. The van der Waals surface area contributed by atoms with Crippen LogP contribution in [0.25, 0.3) is 28.5 Å². The van der Waals surface area contributed by atoms with E-state index in [-0.39, 0.29) is 17.3 Å². The van der Waals surface area contributed by atoms with Gasteiger partial charge in [0.15, 0.2) is 17.4 Å². The maximum absolute atomic E-state index is 11.6. The molecule has 0 spiro atoms. The first-order valence-electron chi connectivity index (χ1n) is 8.70. The number of hydrogen-bond donors (Lipinski definition) is 2. The Morgan fingerprint density at radius 1 is 0.821 bits per heavy atom. The highest BCUT2D eigenvalue weighted by Gasteiger charge is 2.19. The van der Waals surface area contributed by atoms with E-state index in [0.717, 1.165) is 0 Å². The van der Waals surface area contributed by atoms with Crippen molar-refractivity contribution >= 4 is 5.78 Å². The third-order valence-electron chi connectivity index (χ3n) is 4.42. The minimum atomic E-state index is -0.0269. The molecule has 0 fully saturated rings. The van der Waals surface area contributed by atoms with Gasteiger partial charge in [0.1, 0.15) is 11.5 Å². The summed E-state index contributed by atoms with van der Waals surface area (Å²) in [4.78, 5) is 16.1. The normalized spacial score (nSPS) is 10.8. The Kier molecular flexibility index (Phi) is 4.37. The van der Waals surface area contributed by atoms with Gasteiger partial charge in [0.05, 0.1) is 16.8 Å². The van der Waals surface area contributed by atoms with Crippen LogP contribution < -0.4 is 0 Å². The van der Waals surface area contributed by atoms with E-state index in [2.05, 4.69) is 10.1 Å². The molecule has 0 unspecified atom stereocenters. The molecule has 0 radical (unpaired) electrons. The molecule has 0 aliphatic rings. The van der Waals surface area contributed by atoms with Gasteiger partial charge in [-0.05, 0) is 55.5 Å². The molecular formula is C22H17N3O3. The van der Waals surface area contributed by atoms with Gasteiger partial charge in [-0.25, -0.2) is 9.67 Å². The molecule has 0 saturated heterocycles. The molecule has 1 aromatic heterocycles. The Morgan fingerprint density at radius 2 is 1.39 bits per heavy atom. The Morgan fingerprint density at radius 3 is 1.96 bits per heavy atom. The summed E-state index contributed by atoms with van der Waals surface area (Å²) < 4.78 is 1.58. The summed E-state index contributed by atoms with van der Waals surface area (Å²) in [5, 5.41) is 25.0. The smallest absolute Gasteiger partial charge is 0.185 e. The van der Waals surface area contributed by atoms with Crippen LogP contribution in [0.15, 0.2) is 72.8 Å². The summed E-state index contributed by atoms with van der Waals surface area (Å²) >= 11 is 0. The van der Waals surface area contributed by atoms with Gasteiger partial charge in [0.25, 0.3) is 0 Å². The number of phenols is 2. The lowest BCUT2D eigenvalue weighted by Gasteiger charge is -2.07. The molecule has 28 heavy (non-hydrogen) atoms. The highest BCUT2D eigenvalue weighted by atomic mass is 16.3. The van der Waals surface area contributed by atoms with Crippen LogP contribution in [-0.4, -0.2) is 30.8 Å². The molecule has 6 nitrogen and oxygen atoms in total. The highest BCUT2D eigenvalue weighted by molar-refractivity contribution is 5.94. The maximum atomic E-state index is 11.6. The summed E-state index contributed by atoms with van der Waals surface area (Å²) in [5.41, 5.74) is 2.26. The van der Waals surface area contributed by atoms with Crippen molar-refractivity contribution in [2.75, 3.05) is 0 Å². The van der Waals surface area contributed by atoms with E-state index < -0.39 is 0 Å². The third kappa shape index (κ3) is 3.12. The van der Waals surface area contributed by atoms with E-state index in [4.69, 9.17) is 0 Å². The molecule has 4 rings (SSSR count). The Labute approximate surface area is 161 Å². The minimum absolute atomic E-state index is 0.0269. The molecule has 0 amide bonds. The number of benzene rings is 3. The molecular weight excluding hydrogens is 354 g/mol. The molecule has 0 aliphatic heterocycles. The molecule has 0 atom stereocenters. The van der Waals surface area contributed by atoms with Crippen molar-refractivity contribution in [1.82, 2.24) is 14.8 Å². The first kappa shape index (κ1) is 17.5. The SMILES string of the molecule is CC(=O)c1ccc(-n2nc(-c3ccccc3O)nc2-c2ccccc2O)cc1. The maximum Gasteiger partial charge on any atom is 0.185 e. The number of aromatic nitrogens is 3. The van der Waals surface area contributed by atoms with Crippen molar-refractivity contribution in [3.63, 3.8) is 0 Å². The number of rotatable bonds is 4. The van der Waals surface area contributed by atoms with Crippen molar-refractivity contribution in [1.29, 1.82) is 0 Å². The molecule has 138 valence electrons. The predicted molar refractivity (Wildman–Crippen MR) is 106 cm³/mol. The fourth-order valence-electron chi connectivity index (χ4n) is 2.94. The second-order valence-electron chi connectivity index (χ2n) is 6.31. The molecule has 4 aromatic rings. The number of nitrogens with zero attached hydrogens (tertiary/aromatic N) is 3. The van der Waals surface area contributed by atoms with Crippen LogP contribution in [-0.2, 0) is 0 Å². The van der Waals surface area contributed by atoms with Crippen molar-refractivity contribution in [2.24, 2.45) is 0 Å². The predicted octanol–water partition coefficient (Wildman–Crippen LogP) is 4.22. The van der Waals surface area contributed by atoms with Crippen LogP contribution in [0.5, 0.6) is 11.5 Å². The monoisotopic (exact) mass is 371 g/mol. The first-order chi connectivity index (χ1) is 13.5. The number of Topliss-reactive ketones (excluding diaryl/α,β-unsaturated/α-hetero) is 1. The van der Waals surface area contributed by atoms with E-state index in [9.17, 15) is 15.0 Å². The fraction of sp³-hybridized carbons (Fsp3) is 0.0455. The number of carbonyl (C=O) groups excluding carboxylic acids is 1. The number of phenolic OH excluding ortho intramolecular Hbond substituents is 2. The van der Waals surface area contributed by atoms with E-state index in [0.29, 0.717) is 34.0 Å². The quantitative estimate of drug-likeness (QED) is 0.525. The number of aromatic hydroxyl groups is 2. The van der Waals surface area contributed by atoms with E-state index in [1.54, 1.807) is 77.5 Å². The van der Waals surface area contributed by atoms with Crippen LogP contribution in [0.3, 0.4) is 0 Å². The summed E-state index contributed by atoms with van der Waals surface area (Å²) in [5.74, 6) is 0.857. The summed E-state index contributed by atoms with van der Waals surface area (Å²) in [6, 6.07) is 20.6.